The molecule has 0 spiro atoms. The molecule has 0 unspecified atom stereocenters. The highest BCUT2D eigenvalue weighted by Gasteiger charge is 2.03. The second-order valence-electron chi connectivity index (χ2n) is 3.18. The fourth-order valence-corrected chi connectivity index (χ4v) is 2.75. The quantitative estimate of drug-likeness (QED) is 0.895. The Balaban J connectivity index is 2.40. The normalized spacial score (nSPS) is 11.0. The predicted molar refractivity (Wildman–Crippen MR) is 66.9 cm³/mol. The van der Waals surface area contributed by atoms with Crippen LogP contribution in [0.15, 0.2) is 28.1 Å². The van der Waals surface area contributed by atoms with Crippen LogP contribution in [0.4, 0.5) is 0 Å². The fraction of sp³-hybridized carbons (Fsp3) is 0.273. The highest BCUT2D eigenvalue weighted by atomic mass is 79.9. The van der Waals surface area contributed by atoms with Crippen molar-refractivity contribution in [1.82, 2.24) is 5.32 Å². The standard InChI is InChI=1S/C11H12BrNS/c1-2-13-6-8-7-14-11-4-3-9(12)5-10(8)11/h3-5,7,13H,2,6H2,1H3. The summed E-state index contributed by atoms with van der Waals surface area (Å²) in [6.07, 6.45) is 0. The van der Waals surface area contributed by atoms with E-state index >= 15 is 0 Å². The van der Waals surface area contributed by atoms with Gasteiger partial charge in [0.15, 0.2) is 0 Å². The Labute approximate surface area is 96.3 Å². The Kier molecular flexibility index (Phi) is 3.21. The molecule has 0 aliphatic heterocycles. The Morgan fingerprint density at radius 2 is 2.29 bits per heavy atom. The van der Waals surface area contributed by atoms with Crippen molar-refractivity contribution in [1.29, 1.82) is 0 Å². The van der Waals surface area contributed by atoms with Gasteiger partial charge in [-0.2, -0.15) is 0 Å². The lowest BCUT2D eigenvalue weighted by molar-refractivity contribution is 0.732. The maximum absolute atomic E-state index is 3.50. The molecule has 0 amide bonds. The zero-order valence-electron chi connectivity index (χ0n) is 8.01. The molecule has 2 aromatic rings. The van der Waals surface area contributed by atoms with Crippen LogP contribution in [-0.4, -0.2) is 6.54 Å². The van der Waals surface area contributed by atoms with E-state index in [-0.39, 0.29) is 0 Å². The lowest BCUT2D eigenvalue weighted by atomic mass is 10.2. The molecule has 0 saturated heterocycles. The van der Waals surface area contributed by atoms with Crippen LogP contribution in [-0.2, 0) is 6.54 Å². The SMILES string of the molecule is CCNCc1csc2ccc(Br)cc12. The summed E-state index contributed by atoms with van der Waals surface area (Å²) in [5.74, 6) is 0. The van der Waals surface area contributed by atoms with Crippen molar-refractivity contribution in [3.8, 4) is 0 Å². The summed E-state index contributed by atoms with van der Waals surface area (Å²) in [4.78, 5) is 0. The van der Waals surface area contributed by atoms with Crippen LogP contribution in [0.1, 0.15) is 12.5 Å². The van der Waals surface area contributed by atoms with E-state index in [0.717, 1.165) is 17.6 Å². The smallest absolute Gasteiger partial charge is 0.0346 e. The summed E-state index contributed by atoms with van der Waals surface area (Å²) < 4.78 is 2.52. The zero-order chi connectivity index (χ0) is 9.97. The topological polar surface area (TPSA) is 12.0 Å². The maximum atomic E-state index is 3.50. The van der Waals surface area contributed by atoms with Crippen molar-refractivity contribution in [3.63, 3.8) is 0 Å². The summed E-state index contributed by atoms with van der Waals surface area (Å²) in [5.41, 5.74) is 1.40. The third-order valence-electron chi connectivity index (χ3n) is 2.18. The molecule has 1 aromatic carbocycles. The van der Waals surface area contributed by atoms with Crippen molar-refractivity contribution >= 4 is 37.4 Å². The minimum absolute atomic E-state index is 0.965. The van der Waals surface area contributed by atoms with Crippen LogP contribution in [0.3, 0.4) is 0 Å². The first-order chi connectivity index (χ1) is 6.81. The van der Waals surface area contributed by atoms with E-state index in [4.69, 9.17) is 0 Å². The minimum Gasteiger partial charge on any atom is -0.313 e. The number of hydrogen-bond donors (Lipinski definition) is 1. The Morgan fingerprint density at radius 3 is 3.07 bits per heavy atom. The molecule has 0 radical (unpaired) electrons. The second kappa shape index (κ2) is 4.43. The average molecular weight is 270 g/mol. The van der Waals surface area contributed by atoms with E-state index in [0.29, 0.717) is 0 Å². The van der Waals surface area contributed by atoms with Crippen LogP contribution in [0.25, 0.3) is 10.1 Å². The molecular weight excluding hydrogens is 258 g/mol. The molecule has 2 rings (SSSR count). The molecule has 74 valence electrons. The van der Waals surface area contributed by atoms with Crippen molar-refractivity contribution in [3.05, 3.63) is 33.6 Å². The van der Waals surface area contributed by atoms with Crippen molar-refractivity contribution < 1.29 is 0 Å². The first-order valence-corrected chi connectivity index (χ1v) is 6.35. The number of thiophene rings is 1. The van der Waals surface area contributed by atoms with Gasteiger partial charge < -0.3 is 5.32 Å². The summed E-state index contributed by atoms with van der Waals surface area (Å²) >= 11 is 5.32. The van der Waals surface area contributed by atoms with Gasteiger partial charge in [-0.05, 0) is 41.1 Å². The van der Waals surface area contributed by atoms with Gasteiger partial charge in [0.2, 0.25) is 0 Å². The first-order valence-electron chi connectivity index (χ1n) is 4.67. The van der Waals surface area contributed by atoms with E-state index in [1.165, 1.54) is 15.6 Å². The number of benzene rings is 1. The Bertz CT molecular complexity index is 436. The third kappa shape index (κ3) is 2.00. The number of rotatable bonds is 3. The number of hydrogen-bond acceptors (Lipinski definition) is 2. The molecule has 14 heavy (non-hydrogen) atoms. The lowest BCUT2D eigenvalue weighted by Gasteiger charge is -2.00. The number of fused-ring (bicyclic) bond motifs is 1. The lowest BCUT2D eigenvalue weighted by Crippen LogP contribution is -2.11. The van der Waals surface area contributed by atoms with Crippen LogP contribution < -0.4 is 5.32 Å². The highest BCUT2D eigenvalue weighted by molar-refractivity contribution is 9.10. The van der Waals surface area contributed by atoms with Gasteiger partial charge in [-0.15, -0.1) is 11.3 Å². The van der Waals surface area contributed by atoms with Gasteiger partial charge in [0.25, 0.3) is 0 Å². The van der Waals surface area contributed by atoms with Gasteiger partial charge in [-0.25, -0.2) is 0 Å². The van der Waals surface area contributed by atoms with Gasteiger partial charge in [0.1, 0.15) is 0 Å². The van der Waals surface area contributed by atoms with Crippen molar-refractivity contribution in [2.75, 3.05) is 6.54 Å². The molecule has 3 heteroatoms. The Hall–Kier alpha value is -0.380. The van der Waals surface area contributed by atoms with E-state index in [1.807, 2.05) is 11.3 Å². The molecule has 0 aliphatic rings. The average Bonchev–Trinajstić information content (AvgIpc) is 2.57. The second-order valence-corrected chi connectivity index (χ2v) is 5.01. The van der Waals surface area contributed by atoms with Crippen molar-refractivity contribution in [2.45, 2.75) is 13.5 Å². The highest BCUT2D eigenvalue weighted by Crippen LogP contribution is 2.28. The molecular formula is C11H12BrNS. The van der Waals surface area contributed by atoms with Crippen LogP contribution in [0.5, 0.6) is 0 Å². The van der Waals surface area contributed by atoms with E-state index in [9.17, 15) is 0 Å². The summed E-state index contributed by atoms with van der Waals surface area (Å²) in [7, 11) is 0. The molecule has 1 aromatic heterocycles. The minimum atomic E-state index is 0.965. The largest absolute Gasteiger partial charge is 0.313 e. The van der Waals surface area contributed by atoms with Gasteiger partial charge in [0.05, 0.1) is 0 Å². The van der Waals surface area contributed by atoms with Crippen LogP contribution in [0, 0.1) is 0 Å². The monoisotopic (exact) mass is 269 g/mol. The molecule has 0 saturated carbocycles. The molecule has 1 nitrogen and oxygen atoms in total. The molecule has 1 heterocycles. The van der Waals surface area contributed by atoms with E-state index in [1.54, 1.807) is 0 Å². The van der Waals surface area contributed by atoms with Crippen LogP contribution in [0.2, 0.25) is 0 Å². The molecule has 0 atom stereocenters. The van der Waals surface area contributed by atoms with Gasteiger partial charge in [-0.3, -0.25) is 0 Å². The fourth-order valence-electron chi connectivity index (χ4n) is 1.45. The Morgan fingerprint density at radius 1 is 1.43 bits per heavy atom. The summed E-state index contributed by atoms with van der Waals surface area (Å²) in [6, 6.07) is 6.45. The number of halogens is 1. The molecule has 0 bridgehead atoms. The maximum Gasteiger partial charge on any atom is 0.0346 e. The number of nitrogens with one attached hydrogen (secondary N) is 1. The summed E-state index contributed by atoms with van der Waals surface area (Å²) in [5, 5.41) is 6.96. The van der Waals surface area contributed by atoms with Crippen LogP contribution >= 0.6 is 27.3 Å². The van der Waals surface area contributed by atoms with Crippen molar-refractivity contribution in [2.24, 2.45) is 0 Å². The van der Waals surface area contributed by atoms with E-state index in [2.05, 4.69) is 51.7 Å². The molecule has 1 N–H and O–H groups in total. The van der Waals surface area contributed by atoms with Gasteiger partial charge >= 0.3 is 0 Å². The molecule has 0 aliphatic carbocycles. The third-order valence-corrected chi connectivity index (χ3v) is 3.69. The molecule has 0 fully saturated rings. The van der Waals surface area contributed by atoms with E-state index < -0.39 is 0 Å². The predicted octanol–water partition coefficient (Wildman–Crippen LogP) is 3.77. The van der Waals surface area contributed by atoms with Gasteiger partial charge in [0, 0.05) is 15.7 Å². The first kappa shape index (κ1) is 10.1. The zero-order valence-corrected chi connectivity index (χ0v) is 10.4. The van der Waals surface area contributed by atoms with Gasteiger partial charge in [-0.1, -0.05) is 22.9 Å². The summed E-state index contributed by atoms with van der Waals surface area (Å²) in [6.45, 7) is 4.11.